The van der Waals surface area contributed by atoms with Crippen molar-refractivity contribution in [3.63, 3.8) is 0 Å². The first-order valence-electron chi connectivity index (χ1n) is 11.2. The molecule has 0 bridgehead atoms. The predicted octanol–water partition coefficient (Wildman–Crippen LogP) is 3.09. The summed E-state index contributed by atoms with van der Waals surface area (Å²) in [5.74, 6) is -0.604. The van der Waals surface area contributed by atoms with Crippen LogP contribution in [0, 0.1) is 0 Å². The Hall–Kier alpha value is -2.97. The maximum atomic E-state index is 12.6. The molecule has 1 aromatic carbocycles. The second-order valence-electron chi connectivity index (χ2n) is 6.58. The highest BCUT2D eigenvalue weighted by Gasteiger charge is 2.22. The van der Waals surface area contributed by atoms with Gasteiger partial charge in [0.15, 0.2) is 0 Å². The number of pyridine rings is 1. The van der Waals surface area contributed by atoms with E-state index in [-0.39, 0.29) is 23.9 Å². The number of hydrogen-bond donors (Lipinski definition) is 5. The monoisotopic (exact) mass is 445 g/mol. The minimum atomic E-state index is -0.496. The molecule has 8 nitrogen and oxygen atoms in total. The van der Waals surface area contributed by atoms with E-state index in [2.05, 4.69) is 16.0 Å². The van der Waals surface area contributed by atoms with Gasteiger partial charge in [-0.2, -0.15) is 0 Å². The average Bonchev–Trinajstić information content (AvgIpc) is 2.84. The third kappa shape index (κ3) is 8.64. The standard InChI is InChI=1S/C19H22N4O3.2C2H6.CH5N/c20-17-16(19(26)23-14-5-7-15(24)8-6-14)9-13(10-22-17)11-1-3-12(4-2-11)18(21)25;3*1-2/h1-4,9-10,14-15,24H,5-8H2,(H2,20,22)(H2,21,25)(H,23,26);2*1-2H3;2H2,1H3. The zero-order valence-corrected chi connectivity index (χ0v) is 19.9. The summed E-state index contributed by atoms with van der Waals surface area (Å²) in [6.45, 7) is 8.00. The van der Waals surface area contributed by atoms with Crippen molar-refractivity contribution in [2.75, 3.05) is 12.8 Å². The van der Waals surface area contributed by atoms with Crippen LogP contribution in [0.25, 0.3) is 11.1 Å². The summed E-state index contributed by atoms with van der Waals surface area (Å²) in [4.78, 5) is 27.9. The topological polar surface area (TPSA) is 157 Å². The van der Waals surface area contributed by atoms with E-state index in [9.17, 15) is 14.7 Å². The first kappa shape index (κ1) is 29.0. The number of aliphatic hydroxyl groups excluding tert-OH is 1. The number of nitrogens with two attached hydrogens (primary N) is 3. The summed E-state index contributed by atoms with van der Waals surface area (Å²) < 4.78 is 0. The number of benzene rings is 1. The van der Waals surface area contributed by atoms with Crippen LogP contribution in [0.5, 0.6) is 0 Å². The maximum Gasteiger partial charge on any atom is 0.255 e. The Balaban J connectivity index is 0.00000148. The zero-order chi connectivity index (χ0) is 24.7. The Labute approximate surface area is 191 Å². The van der Waals surface area contributed by atoms with E-state index in [1.165, 1.54) is 7.05 Å². The molecule has 0 radical (unpaired) electrons. The number of carbonyl (C=O) groups is 2. The first-order chi connectivity index (χ1) is 15.4. The van der Waals surface area contributed by atoms with Crippen molar-refractivity contribution >= 4 is 17.6 Å². The quantitative estimate of drug-likeness (QED) is 0.486. The smallest absolute Gasteiger partial charge is 0.255 e. The number of amides is 2. The number of anilines is 1. The maximum absolute atomic E-state index is 12.6. The number of nitrogens with zero attached hydrogens (tertiary/aromatic N) is 1. The third-order valence-corrected chi connectivity index (χ3v) is 4.70. The lowest BCUT2D eigenvalue weighted by Crippen LogP contribution is -2.38. The summed E-state index contributed by atoms with van der Waals surface area (Å²) in [7, 11) is 1.50. The van der Waals surface area contributed by atoms with Crippen molar-refractivity contribution in [3.05, 3.63) is 47.7 Å². The van der Waals surface area contributed by atoms with E-state index < -0.39 is 5.91 Å². The normalized spacial score (nSPS) is 16.6. The van der Waals surface area contributed by atoms with Gasteiger partial charge >= 0.3 is 0 Å². The molecule has 178 valence electrons. The van der Waals surface area contributed by atoms with Gasteiger partial charge in [0.2, 0.25) is 5.91 Å². The Kier molecular flexibility index (Phi) is 14.3. The van der Waals surface area contributed by atoms with Gasteiger partial charge in [0.25, 0.3) is 5.91 Å². The van der Waals surface area contributed by atoms with Crippen LogP contribution >= 0.6 is 0 Å². The van der Waals surface area contributed by atoms with Gasteiger partial charge in [0, 0.05) is 23.4 Å². The van der Waals surface area contributed by atoms with Crippen molar-refractivity contribution in [2.24, 2.45) is 11.5 Å². The fourth-order valence-electron chi connectivity index (χ4n) is 3.13. The molecule has 8 heteroatoms. The van der Waals surface area contributed by atoms with Crippen LogP contribution in [0.15, 0.2) is 36.5 Å². The highest BCUT2D eigenvalue weighted by molar-refractivity contribution is 5.99. The van der Waals surface area contributed by atoms with Crippen LogP contribution in [0.3, 0.4) is 0 Å². The number of carbonyl (C=O) groups excluding carboxylic acids is 2. The average molecular weight is 446 g/mol. The molecule has 0 saturated heterocycles. The highest BCUT2D eigenvalue weighted by Crippen LogP contribution is 2.24. The number of rotatable bonds is 4. The molecule has 1 aromatic heterocycles. The SMILES string of the molecule is CC.CC.CN.NC(=O)c1ccc(-c2cnc(N)c(C(=O)NC3CCC(O)CC3)c2)cc1. The van der Waals surface area contributed by atoms with Gasteiger partial charge in [0.1, 0.15) is 5.82 Å². The van der Waals surface area contributed by atoms with Crippen LogP contribution < -0.4 is 22.5 Å². The van der Waals surface area contributed by atoms with Gasteiger partial charge in [-0.1, -0.05) is 39.8 Å². The van der Waals surface area contributed by atoms with Crippen molar-refractivity contribution in [3.8, 4) is 11.1 Å². The molecule has 0 spiro atoms. The molecule has 1 saturated carbocycles. The molecule has 32 heavy (non-hydrogen) atoms. The van der Waals surface area contributed by atoms with E-state index in [4.69, 9.17) is 11.5 Å². The fraction of sp³-hybridized carbons (Fsp3) is 0.458. The molecule has 8 N–H and O–H groups in total. The Bertz CT molecular complexity index is 817. The molecule has 2 aromatic rings. The lowest BCUT2D eigenvalue weighted by molar-refractivity contribution is 0.0868. The molecule has 1 aliphatic carbocycles. The predicted molar refractivity (Wildman–Crippen MR) is 131 cm³/mol. The molecule has 1 fully saturated rings. The Morgan fingerprint density at radius 3 is 2.00 bits per heavy atom. The second-order valence-corrected chi connectivity index (χ2v) is 6.58. The minimum absolute atomic E-state index is 0.0313. The summed E-state index contributed by atoms with van der Waals surface area (Å²) in [5.41, 5.74) is 17.9. The molecule has 1 heterocycles. The van der Waals surface area contributed by atoms with Gasteiger partial charge in [0.05, 0.1) is 11.7 Å². The number of aromatic nitrogens is 1. The molecule has 0 atom stereocenters. The largest absolute Gasteiger partial charge is 0.393 e. The van der Waals surface area contributed by atoms with Crippen molar-refractivity contribution < 1.29 is 14.7 Å². The first-order valence-corrected chi connectivity index (χ1v) is 11.2. The second kappa shape index (κ2) is 15.8. The minimum Gasteiger partial charge on any atom is -0.393 e. The van der Waals surface area contributed by atoms with Gasteiger partial charge in [-0.3, -0.25) is 9.59 Å². The van der Waals surface area contributed by atoms with Crippen LogP contribution in [-0.4, -0.2) is 41.1 Å². The summed E-state index contributed by atoms with van der Waals surface area (Å²) in [5, 5.41) is 12.5. The molecule has 0 unspecified atom stereocenters. The van der Waals surface area contributed by atoms with E-state index in [0.29, 0.717) is 24.0 Å². The molecular formula is C24H39N5O3. The van der Waals surface area contributed by atoms with Gasteiger partial charge in [-0.25, -0.2) is 4.98 Å². The number of nitrogens with one attached hydrogen (secondary N) is 1. The Morgan fingerprint density at radius 2 is 1.50 bits per heavy atom. The van der Waals surface area contributed by atoms with E-state index >= 15 is 0 Å². The molecule has 1 aliphatic rings. The van der Waals surface area contributed by atoms with Gasteiger partial charge in [-0.05, 0) is 56.5 Å². The van der Waals surface area contributed by atoms with Crippen molar-refractivity contribution in [1.29, 1.82) is 0 Å². The number of hydrogen-bond acceptors (Lipinski definition) is 6. The summed E-state index contributed by atoms with van der Waals surface area (Å²) >= 11 is 0. The van der Waals surface area contributed by atoms with Crippen LogP contribution in [-0.2, 0) is 0 Å². The number of aliphatic hydroxyl groups is 1. The lowest BCUT2D eigenvalue weighted by atomic mass is 9.93. The molecule has 0 aliphatic heterocycles. The highest BCUT2D eigenvalue weighted by atomic mass is 16.3. The van der Waals surface area contributed by atoms with Crippen LogP contribution in [0.1, 0.15) is 74.1 Å². The van der Waals surface area contributed by atoms with Gasteiger partial charge < -0.3 is 27.6 Å². The number of primary amides is 1. The zero-order valence-electron chi connectivity index (χ0n) is 19.9. The summed E-state index contributed by atoms with van der Waals surface area (Å²) in [6.07, 6.45) is 4.17. The molecule has 2 amide bonds. The molecular weight excluding hydrogens is 406 g/mol. The van der Waals surface area contributed by atoms with Crippen LogP contribution in [0.2, 0.25) is 0 Å². The van der Waals surface area contributed by atoms with E-state index in [1.807, 2.05) is 27.7 Å². The third-order valence-electron chi connectivity index (χ3n) is 4.70. The summed E-state index contributed by atoms with van der Waals surface area (Å²) in [6, 6.07) is 8.47. The van der Waals surface area contributed by atoms with Crippen molar-refractivity contribution in [2.45, 2.75) is 65.5 Å². The van der Waals surface area contributed by atoms with E-state index in [1.54, 1.807) is 36.5 Å². The van der Waals surface area contributed by atoms with Crippen LogP contribution in [0.4, 0.5) is 5.82 Å². The van der Waals surface area contributed by atoms with Crippen molar-refractivity contribution in [1.82, 2.24) is 10.3 Å². The molecule has 3 rings (SSSR count). The Morgan fingerprint density at radius 1 is 0.969 bits per heavy atom. The number of nitrogen functional groups attached to an aromatic ring is 1. The van der Waals surface area contributed by atoms with E-state index in [0.717, 1.165) is 24.0 Å². The van der Waals surface area contributed by atoms with Gasteiger partial charge in [-0.15, -0.1) is 0 Å². The lowest BCUT2D eigenvalue weighted by Gasteiger charge is -2.26. The fourth-order valence-corrected chi connectivity index (χ4v) is 3.13.